The van der Waals surface area contributed by atoms with Crippen molar-refractivity contribution in [2.24, 2.45) is 11.8 Å². The van der Waals surface area contributed by atoms with Gasteiger partial charge >= 0.3 is 0 Å². The van der Waals surface area contributed by atoms with Gasteiger partial charge in [-0.2, -0.15) is 0 Å². The number of halogens is 1. The lowest BCUT2D eigenvalue weighted by molar-refractivity contribution is 0.0725. The van der Waals surface area contributed by atoms with Crippen molar-refractivity contribution >= 4 is 21.8 Å². The van der Waals surface area contributed by atoms with Crippen molar-refractivity contribution in [2.45, 2.75) is 12.8 Å². The largest absolute Gasteiger partial charge is 0.458 e. The van der Waals surface area contributed by atoms with Crippen LogP contribution in [0.25, 0.3) is 0 Å². The number of amides is 1. The summed E-state index contributed by atoms with van der Waals surface area (Å²) in [4.78, 5) is 14.3. The third kappa shape index (κ3) is 2.21. The Morgan fingerprint density at radius 3 is 2.56 bits per heavy atom. The number of carbonyl (C=O) groups is 1. The van der Waals surface area contributed by atoms with Crippen LogP contribution in [0, 0.1) is 11.8 Å². The monoisotopic (exact) mass is 312 g/mol. The summed E-state index contributed by atoms with van der Waals surface area (Å²) < 4.78 is 6.01. The predicted octanol–water partition coefficient (Wildman–Crippen LogP) is 2.11. The first-order chi connectivity index (χ1) is 8.75. The first kappa shape index (κ1) is 12.2. The molecule has 0 spiro atoms. The van der Waals surface area contributed by atoms with E-state index in [1.807, 2.05) is 4.90 Å². The van der Waals surface area contributed by atoms with Crippen molar-refractivity contribution in [3.05, 3.63) is 22.6 Å². The van der Waals surface area contributed by atoms with Crippen LogP contribution in [0.15, 0.2) is 21.2 Å². The molecule has 2 atom stereocenters. The maximum Gasteiger partial charge on any atom is 0.290 e. The van der Waals surface area contributed by atoms with E-state index >= 15 is 0 Å². The molecule has 0 saturated carbocycles. The summed E-state index contributed by atoms with van der Waals surface area (Å²) >= 11 is 3.35. The first-order valence-corrected chi connectivity index (χ1v) is 7.28. The zero-order valence-electron chi connectivity index (χ0n) is 10.2. The fourth-order valence-corrected chi connectivity index (χ4v) is 3.38. The molecule has 0 radical (unpaired) electrons. The van der Waals surface area contributed by atoms with Gasteiger partial charge in [0.1, 0.15) is 0 Å². The number of furan rings is 1. The molecule has 2 fully saturated rings. The van der Waals surface area contributed by atoms with Crippen LogP contribution in [0.3, 0.4) is 0 Å². The second kappa shape index (κ2) is 5.05. The van der Waals surface area contributed by atoms with E-state index in [0.717, 1.165) is 55.3 Å². The van der Waals surface area contributed by atoms with E-state index in [9.17, 15) is 4.79 Å². The lowest BCUT2D eigenvalue weighted by Gasteiger charge is -2.19. The lowest BCUT2D eigenvalue weighted by Crippen LogP contribution is -2.32. The Hall–Kier alpha value is -0.810. The Kier molecular flexibility index (Phi) is 3.43. The SMILES string of the molecule is O=C(c1occc1Br)N1CC[C@@H]2CNC[C@@H]2CC1. The molecule has 0 unspecified atom stereocenters. The number of hydrogen-bond donors (Lipinski definition) is 1. The smallest absolute Gasteiger partial charge is 0.290 e. The quantitative estimate of drug-likeness (QED) is 0.864. The number of likely N-dealkylation sites (tertiary alicyclic amines) is 1. The third-order valence-electron chi connectivity index (χ3n) is 4.12. The Balaban J connectivity index is 1.70. The zero-order chi connectivity index (χ0) is 12.5. The minimum atomic E-state index is 0.0137. The lowest BCUT2D eigenvalue weighted by atomic mass is 9.92. The molecule has 98 valence electrons. The number of nitrogens with zero attached hydrogens (tertiary/aromatic N) is 1. The van der Waals surface area contributed by atoms with Crippen molar-refractivity contribution in [1.29, 1.82) is 0 Å². The van der Waals surface area contributed by atoms with Gasteiger partial charge in [-0.3, -0.25) is 4.79 Å². The van der Waals surface area contributed by atoms with E-state index in [2.05, 4.69) is 21.2 Å². The number of rotatable bonds is 1. The van der Waals surface area contributed by atoms with Crippen LogP contribution in [-0.2, 0) is 0 Å². The molecule has 1 aromatic heterocycles. The summed E-state index contributed by atoms with van der Waals surface area (Å²) in [5, 5.41) is 3.44. The van der Waals surface area contributed by atoms with Gasteiger partial charge in [0.15, 0.2) is 0 Å². The fraction of sp³-hybridized carbons (Fsp3) is 0.615. The highest BCUT2D eigenvalue weighted by atomic mass is 79.9. The highest BCUT2D eigenvalue weighted by Crippen LogP contribution is 2.28. The summed E-state index contributed by atoms with van der Waals surface area (Å²) in [5.41, 5.74) is 0. The van der Waals surface area contributed by atoms with Crippen LogP contribution in [0.4, 0.5) is 0 Å². The average Bonchev–Trinajstić information content (AvgIpc) is 2.94. The molecular formula is C13H17BrN2O2. The summed E-state index contributed by atoms with van der Waals surface area (Å²) in [6.45, 7) is 3.90. The van der Waals surface area contributed by atoms with Crippen molar-refractivity contribution in [3.8, 4) is 0 Å². The molecule has 5 heteroatoms. The Labute approximate surface area is 115 Å². The highest BCUT2D eigenvalue weighted by molar-refractivity contribution is 9.10. The minimum Gasteiger partial charge on any atom is -0.458 e. The standard InChI is InChI=1S/C13H17BrN2O2/c14-11-3-6-18-12(11)13(17)16-4-1-9-7-15-8-10(9)2-5-16/h3,6,9-10,15H,1-2,4-5,7-8H2/t9-,10+. The summed E-state index contributed by atoms with van der Waals surface area (Å²) in [6.07, 6.45) is 3.75. The van der Waals surface area contributed by atoms with Gasteiger partial charge in [0.25, 0.3) is 5.91 Å². The summed E-state index contributed by atoms with van der Waals surface area (Å²) in [7, 11) is 0. The number of nitrogens with one attached hydrogen (secondary N) is 1. The van der Waals surface area contributed by atoms with Crippen molar-refractivity contribution in [3.63, 3.8) is 0 Å². The molecule has 3 heterocycles. The molecule has 0 bridgehead atoms. The van der Waals surface area contributed by atoms with Crippen LogP contribution in [0.5, 0.6) is 0 Å². The van der Waals surface area contributed by atoms with Gasteiger partial charge in [-0.1, -0.05) is 0 Å². The molecular weight excluding hydrogens is 296 g/mol. The second-order valence-corrected chi connectivity index (χ2v) is 6.00. The molecule has 0 aromatic carbocycles. The molecule has 1 N–H and O–H groups in total. The van der Waals surface area contributed by atoms with Crippen LogP contribution < -0.4 is 5.32 Å². The van der Waals surface area contributed by atoms with Crippen LogP contribution in [-0.4, -0.2) is 37.0 Å². The molecule has 2 saturated heterocycles. The Morgan fingerprint density at radius 2 is 2.00 bits per heavy atom. The van der Waals surface area contributed by atoms with Gasteiger partial charge in [-0.25, -0.2) is 0 Å². The molecule has 3 rings (SSSR count). The second-order valence-electron chi connectivity index (χ2n) is 5.15. The van der Waals surface area contributed by atoms with Gasteiger partial charge in [0, 0.05) is 13.1 Å². The van der Waals surface area contributed by atoms with Gasteiger partial charge in [0.2, 0.25) is 5.76 Å². The van der Waals surface area contributed by atoms with Gasteiger partial charge < -0.3 is 14.6 Å². The molecule has 2 aliphatic rings. The van der Waals surface area contributed by atoms with E-state index in [1.54, 1.807) is 12.3 Å². The topological polar surface area (TPSA) is 45.5 Å². The van der Waals surface area contributed by atoms with Crippen molar-refractivity contribution in [1.82, 2.24) is 10.2 Å². The van der Waals surface area contributed by atoms with E-state index < -0.39 is 0 Å². The third-order valence-corrected chi connectivity index (χ3v) is 4.74. The average molecular weight is 313 g/mol. The molecule has 1 amide bonds. The van der Waals surface area contributed by atoms with E-state index in [4.69, 9.17) is 4.42 Å². The van der Waals surface area contributed by atoms with E-state index in [1.165, 1.54) is 0 Å². The minimum absolute atomic E-state index is 0.0137. The van der Waals surface area contributed by atoms with Crippen LogP contribution in [0.2, 0.25) is 0 Å². The number of carbonyl (C=O) groups excluding carboxylic acids is 1. The van der Waals surface area contributed by atoms with Gasteiger partial charge in [-0.05, 0) is 59.8 Å². The maximum absolute atomic E-state index is 12.3. The van der Waals surface area contributed by atoms with E-state index in [-0.39, 0.29) is 5.91 Å². The van der Waals surface area contributed by atoms with Crippen molar-refractivity contribution < 1.29 is 9.21 Å². The predicted molar refractivity (Wildman–Crippen MR) is 71.4 cm³/mol. The molecule has 2 aliphatic heterocycles. The van der Waals surface area contributed by atoms with Crippen LogP contribution in [0.1, 0.15) is 23.4 Å². The van der Waals surface area contributed by atoms with Gasteiger partial charge in [0.05, 0.1) is 10.7 Å². The molecule has 0 aliphatic carbocycles. The molecule has 18 heavy (non-hydrogen) atoms. The van der Waals surface area contributed by atoms with Crippen molar-refractivity contribution in [2.75, 3.05) is 26.2 Å². The summed E-state index contributed by atoms with van der Waals surface area (Å²) in [6, 6.07) is 1.77. The number of hydrogen-bond acceptors (Lipinski definition) is 3. The Morgan fingerprint density at radius 1 is 1.33 bits per heavy atom. The summed E-state index contributed by atoms with van der Waals surface area (Å²) in [5.74, 6) is 1.92. The number of fused-ring (bicyclic) bond motifs is 1. The molecule has 4 nitrogen and oxygen atoms in total. The maximum atomic E-state index is 12.3. The Bertz CT molecular complexity index is 432. The molecule has 1 aromatic rings. The first-order valence-electron chi connectivity index (χ1n) is 6.48. The van der Waals surface area contributed by atoms with Crippen LogP contribution >= 0.6 is 15.9 Å². The fourth-order valence-electron chi connectivity index (χ4n) is 3.01. The van der Waals surface area contributed by atoms with E-state index in [0.29, 0.717) is 5.76 Å². The van der Waals surface area contributed by atoms with Gasteiger partial charge in [-0.15, -0.1) is 0 Å². The highest BCUT2D eigenvalue weighted by Gasteiger charge is 2.32. The zero-order valence-corrected chi connectivity index (χ0v) is 11.8. The normalized spacial score (nSPS) is 27.9.